The van der Waals surface area contributed by atoms with Crippen molar-refractivity contribution in [2.45, 2.75) is 17.1 Å². The summed E-state index contributed by atoms with van der Waals surface area (Å²) in [5, 5.41) is 38.8. The third kappa shape index (κ3) is 5.26. The molecule has 0 fully saturated rings. The maximum absolute atomic E-state index is 13.1. The first-order valence-corrected chi connectivity index (χ1v) is 13.1. The Morgan fingerprint density at radius 3 is 2.48 bits per heavy atom. The summed E-state index contributed by atoms with van der Waals surface area (Å²) < 4.78 is 68.8. The number of halogens is 3. The molecular weight excluding hydrogens is 557 g/mol. The zero-order chi connectivity index (χ0) is 28.7. The first kappa shape index (κ1) is 26.9. The second-order valence-corrected chi connectivity index (χ2v) is 10.5. The van der Waals surface area contributed by atoms with E-state index in [2.05, 4.69) is 30.7 Å². The van der Waals surface area contributed by atoms with Crippen LogP contribution < -0.4 is 10.6 Å². The van der Waals surface area contributed by atoms with Gasteiger partial charge in [-0.3, -0.25) is 0 Å². The Morgan fingerprint density at radius 1 is 1.05 bits per heavy atom. The van der Waals surface area contributed by atoms with Crippen LogP contribution in [0.1, 0.15) is 23.0 Å². The van der Waals surface area contributed by atoms with Crippen molar-refractivity contribution in [1.82, 2.24) is 20.1 Å². The lowest BCUT2D eigenvalue weighted by atomic mass is 10.1. The number of aromatic nitrogens is 4. The SMILES string of the molecule is O=S1(=O)CC(O)=C(O)c2cc(Nc3ncc(-c4nc(C(F)(F)F)no4)c(N[C@H](CO)c4ccccc4)n3)ccc21. The molecule has 4 aromatic rings. The third-order valence-electron chi connectivity index (χ3n) is 5.82. The quantitative estimate of drug-likeness (QED) is 0.213. The van der Waals surface area contributed by atoms with Gasteiger partial charge in [0.1, 0.15) is 22.9 Å². The van der Waals surface area contributed by atoms with E-state index < -0.39 is 57.6 Å². The number of anilines is 3. The van der Waals surface area contributed by atoms with E-state index >= 15 is 0 Å². The standard InChI is InChI=1S/C24H19F3N6O6S/c25-24(26,27)22-32-21(39-33-22)15-9-28-23(31-20(15)30-16(10-34)12-4-2-1-3-5-12)29-13-6-7-18-14(8-13)19(36)17(35)11-40(18,37)38/h1-9,16,34-36H,10-11H2,(H2,28,29,30,31)/t16-/m1/s1. The lowest BCUT2D eigenvalue weighted by molar-refractivity contribution is -0.146. The van der Waals surface area contributed by atoms with Gasteiger partial charge in [0, 0.05) is 17.4 Å². The summed E-state index contributed by atoms with van der Waals surface area (Å²) in [4.78, 5) is 11.6. The van der Waals surface area contributed by atoms with Gasteiger partial charge in [0.25, 0.3) is 11.7 Å². The van der Waals surface area contributed by atoms with Gasteiger partial charge in [-0.2, -0.15) is 23.1 Å². The molecule has 5 rings (SSSR count). The number of aliphatic hydroxyl groups is 3. The zero-order valence-corrected chi connectivity index (χ0v) is 20.9. The van der Waals surface area contributed by atoms with Gasteiger partial charge < -0.3 is 30.5 Å². The maximum atomic E-state index is 13.1. The van der Waals surface area contributed by atoms with Crippen molar-refractivity contribution in [3.63, 3.8) is 0 Å². The Balaban J connectivity index is 1.53. The first-order chi connectivity index (χ1) is 19.0. The third-order valence-corrected chi connectivity index (χ3v) is 7.50. The molecule has 0 bridgehead atoms. The van der Waals surface area contributed by atoms with Crippen molar-refractivity contribution in [3.8, 4) is 11.5 Å². The number of benzene rings is 2. The van der Waals surface area contributed by atoms with Crippen LogP contribution in [0.5, 0.6) is 0 Å². The van der Waals surface area contributed by atoms with E-state index in [0.717, 1.165) is 6.20 Å². The van der Waals surface area contributed by atoms with Crippen molar-refractivity contribution in [3.05, 3.63) is 77.4 Å². The minimum Gasteiger partial charge on any atom is -0.507 e. The molecule has 0 saturated carbocycles. The molecule has 3 heterocycles. The van der Waals surface area contributed by atoms with E-state index in [0.29, 0.717) is 5.56 Å². The highest BCUT2D eigenvalue weighted by atomic mass is 32.2. The molecule has 0 spiro atoms. The van der Waals surface area contributed by atoms with Crippen LogP contribution in [0.25, 0.3) is 17.2 Å². The molecule has 0 aliphatic carbocycles. The van der Waals surface area contributed by atoms with Crippen LogP contribution in [0.4, 0.5) is 30.6 Å². The maximum Gasteiger partial charge on any atom is 0.455 e. The summed E-state index contributed by atoms with van der Waals surface area (Å²) in [6, 6.07) is 11.8. The predicted molar refractivity (Wildman–Crippen MR) is 134 cm³/mol. The molecule has 1 aliphatic rings. The topological polar surface area (TPSA) is 184 Å². The van der Waals surface area contributed by atoms with Crippen LogP contribution in [0.3, 0.4) is 0 Å². The van der Waals surface area contributed by atoms with E-state index in [1.54, 1.807) is 30.3 Å². The summed E-state index contributed by atoms with van der Waals surface area (Å²) in [5.74, 6) is -4.25. The van der Waals surface area contributed by atoms with Crippen LogP contribution in [0.2, 0.25) is 0 Å². The molecule has 12 nitrogen and oxygen atoms in total. The molecule has 40 heavy (non-hydrogen) atoms. The van der Waals surface area contributed by atoms with Gasteiger partial charge in [-0.15, -0.1) is 0 Å². The lowest BCUT2D eigenvalue weighted by Gasteiger charge is -2.20. The molecule has 0 saturated heterocycles. The lowest BCUT2D eigenvalue weighted by Crippen LogP contribution is -2.18. The van der Waals surface area contributed by atoms with Crippen LogP contribution in [-0.2, 0) is 16.0 Å². The van der Waals surface area contributed by atoms with E-state index in [4.69, 9.17) is 4.52 Å². The van der Waals surface area contributed by atoms with Crippen LogP contribution in [0.15, 0.2) is 69.9 Å². The fourth-order valence-electron chi connectivity index (χ4n) is 3.92. The number of aliphatic hydroxyl groups excluding tert-OH is 3. The fourth-order valence-corrected chi connectivity index (χ4v) is 5.33. The largest absolute Gasteiger partial charge is 0.507 e. The molecule has 1 aliphatic heterocycles. The number of hydrogen-bond donors (Lipinski definition) is 5. The predicted octanol–water partition coefficient (Wildman–Crippen LogP) is 4.01. The van der Waals surface area contributed by atoms with E-state index in [1.807, 2.05) is 0 Å². The summed E-state index contributed by atoms with van der Waals surface area (Å²) >= 11 is 0. The molecule has 0 radical (unpaired) electrons. The highest BCUT2D eigenvalue weighted by Crippen LogP contribution is 2.35. The Kier molecular flexibility index (Phi) is 6.80. The van der Waals surface area contributed by atoms with Gasteiger partial charge in [-0.25, -0.2) is 13.4 Å². The Hall–Kier alpha value is -4.70. The Morgan fingerprint density at radius 2 is 1.80 bits per heavy atom. The van der Waals surface area contributed by atoms with Gasteiger partial charge in [0.2, 0.25) is 5.95 Å². The van der Waals surface area contributed by atoms with Crippen molar-refractivity contribution in [2.24, 2.45) is 0 Å². The highest BCUT2D eigenvalue weighted by molar-refractivity contribution is 7.91. The second kappa shape index (κ2) is 10.1. The van der Waals surface area contributed by atoms with Gasteiger partial charge in [-0.05, 0) is 23.8 Å². The monoisotopic (exact) mass is 576 g/mol. The molecule has 2 aromatic heterocycles. The number of nitrogens with one attached hydrogen (secondary N) is 2. The smallest absolute Gasteiger partial charge is 0.455 e. The molecule has 16 heteroatoms. The van der Waals surface area contributed by atoms with E-state index in [9.17, 15) is 36.9 Å². The number of fused-ring (bicyclic) bond motifs is 1. The van der Waals surface area contributed by atoms with Crippen molar-refractivity contribution >= 4 is 33.1 Å². The number of rotatable bonds is 7. The summed E-state index contributed by atoms with van der Waals surface area (Å²) in [6.07, 6.45) is -3.74. The average molecular weight is 577 g/mol. The average Bonchev–Trinajstić information content (AvgIpc) is 3.42. The Bertz CT molecular complexity index is 1710. The van der Waals surface area contributed by atoms with Gasteiger partial charge in [-0.1, -0.05) is 35.5 Å². The number of hydrogen-bond acceptors (Lipinski definition) is 12. The Labute approximate surface area is 223 Å². The van der Waals surface area contributed by atoms with Crippen molar-refractivity contribution in [2.75, 3.05) is 23.0 Å². The van der Waals surface area contributed by atoms with Gasteiger partial charge in [0.15, 0.2) is 15.6 Å². The molecular formula is C24H19F3N6O6S. The number of sulfone groups is 1. The van der Waals surface area contributed by atoms with Gasteiger partial charge in [0.05, 0.1) is 17.5 Å². The van der Waals surface area contributed by atoms with Crippen molar-refractivity contribution in [1.29, 1.82) is 0 Å². The van der Waals surface area contributed by atoms with Crippen molar-refractivity contribution < 1.29 is 41.4 Å². The van der Waals surface area contributed by atoms with E-state index in [1.165, 1.54) is 18.2 Å². The molecule has 208 valence electrons. The highest BCUT2D eigenvalue weighted by Gasteiger charge is 2.38. The summed E-state index contributed by atoms with van der Waals surface area (Å²) in [5.41, 5.74) is 0.625. The summed E-state index contributed by atoms with van der Waals surface area (Å²) in [7, 11) is -3.87. The zero-order valence-electron chi connectivity index (χ0n) is 20.1. The molecule has 0 amide bonds. The molecule has 1 atom stereocenters. The number of alkyl halides is 3. The van der Waals surface area contributed by atoms with Crippen LogP contribution in [-0.4, -0.2) is 56.2 Å². The van der Waals surface area contributed by atoms with Crippen LogP contribution >= 0.6 is 0 Å². The minimum absolute atomic E-state index is 0.0706. The first-order valence-electron chi connectivity index (χ1n) is 11.4. The second-order valence-electron chi connectivity index (χ2n) is 8.56. The van der Waals surface area contributed by atoms with E-state index in [-0.39, 0.29) is 33.5 Å². The summed E-state index contributed by atoms with van der Waals surface area (Å²) in [6.45, 7) is -0.414. The van der Waals surface area contributed by atoms with Gasteiger partial charge >= 0.3 is 6.18 Å². The fraction of sp³-hybridized carbons (Fsp3) is 0.167. The normalized spacial score (nSPS) is 15.4. The minimum atomic E-state index is -4.86. The van der Waals surface area contributed by atoms with Crippen LogP contribution in [0, 0.1) is 0 Å². The molecule has 2 aromatic carbocycles. The molecule has 5 N–H and O–H groups in total. The number of nitrogens with zero attached hydrogens (tertiary/aromatic N) is 4. The molecule has 0 unspecified atom stereocenters.